The second-order valence-corrected chi connectivity index (χ2v) is 2.06. The third-order valence-corrected chi connectivity index (χ3v) is 0.597. The lowest BCUT2D eigenvalue weighted by atomic mass is 10.3. The number of aliphatic hydroxyl groups excluding tert-OH is 1. The molecule has 0 rings (SSSR count). The van der Waals surface area contributed by atoms with E-state index in [-0.39, 0.29) is 0 Å². The first-order chi connectivity index (χ1) is 3.13. The molecule has 0 amide bonds. The van der Waals surface area contributed by atoms with Crippen LogP contribution < -0.4 is 0 Å². The standard InChI is InChI=1S/C5H9ClO/c1-4(2)3-5(6)7/h3,5,7H,1-2H3. The predicted molar refractivity (Wildman–Crippen MR) is 31.3 cm³/mol. The topological polar surface area (TPSA) is 20.2 Å². The van der Waals surface area contributed by atoms with E-state index in [0.717, 1.165) is 5.57 Å². The quantitative estimate of drug-likeness (QED) is 0.411. The van der Waals surface area contributed by atoms with Crippen LogP contribution in [-0.4, -0.2) is 10.7 Å². The Morgan fingerprint density at radius 1 is 1.71 bits per heavy atom. The van der Waals surface area contributed by atoms with Gasteiger partial charge in [0.2, 0.25) is 0 Å². The lowest BCUT2D eigenvalue weighted by Gasteiger charge is -1.90. The molecule has 0 spiro atoms. The Morgan fingerprint density at radius 2 is 2.14 bits per heavy atom. The van der Waals surface area contributed by atoms with Crippen molar-refractivity contribution < 1.29 is 5.11 Å². The highest BCUT2D eigenvalue weighted by atomic mass is 35.5. The van der Waals surface area contributed by atoms with Gasteiger partial charge >= 0.3 is 0 Å². The van der Waals surface area contributed by atoms with Crippen molar-refractivity contribution in [1.82, 2.24) is 0 Å². The molecule has 0 fully saturated rings. The van der Waals surface area contributed by atoms with E-state index in [9.17, 15) is 0 Å². The minimum absolute atomic E-state index is 0.815. The first-order valence-corrected chi connectivity index (χ1v) is 2.53. The third-order valence-electron chi connectivity index (χ3n) is 0.471. The molecular formula is C5H9ClO. The van der Waals surface area contributed by atoms with E-state index in [1.165, 1.54) is 0 Å². The van der Waals surface area contributed by atoms with Crippen molar-refractivity contribution in [3.8, 4) is 0 Å². The zero-order valence-electron chi connectivity index (χ0n) is 4.48. The molecule has 0 saturated carbocycles. The van der Waals surface area contributed by atoms with Crippen LogP contribution in [0.15, 0.2) is 11.6 Å². The molecule has 0 aromatic rings. The van der Waals surface area contributed by atoms with Crippen molar-refractivity contribution in [1.29, 1.82) is 0 Å². The van der Waals surface area contributed by atoms with Crippen molar-refractivity contribution in [2.45, 2.75) is 19.4 Å². The number of hydrogen-bond acceptors (Lipinski definition) is 1. The molecule has 0 heterocycles. The highest BCUT2D eigenvalue weighted by Crippen LogP contribution is 1.96. The second kappa shape index (κ2) is 3.05. The van der Waals surface area contributed by atoms with Gasteiger partial charge in [-0.3, -0.25) is 0 Å². The number of rotatable bonds is 1. The number of allylic oxidation sites excluding steroid dienone is 1. The minimum atomic E-state index is -0.815. The molecule has 7 heavy (non-hydrogen) atoms. The van der Waals surface area contributed by atoms with Gasteiger partial charge < -0.3 is 5.11 Å². The van der Waals surface area contributed by atoms with E-state index in [2.05, 4.69) is 0 Å². The van der Waals surface area contributed by atoms with E-state index >= 15 is 0 Å². The Hall–Kier alpha value is -0.0100. The summed E-state index contributed by atoms with van der Waals surface area (Å²) in [5, 5.41) is 8.41. The second-order valence-electron chi connectivity index (χ2n) is 1.62. The lowest BCUT2D eigenvalue weighted by molar-refractivity contribution is 0.302. The van der Waals surface area contributed by atoms with Crippen LogP contribution in [0.2, 0.25) is 0 Å². The zero-order chi connectivity index (χ0) is 5.86. The summed E-state index contributed by atoms with van der Waals surface area (Å²) in [6, 6.07) is 0. The molecular weight excluding hydrogens is 112 g/mol. The summed E-state index contributed by atoms with van der Waals surface area (Å²) >= 11 is 5.15. The molecule has 1 unspecified atom stereocenters. The molecule has 0 aromatic heterocycles. The van der Waals surface area contributed by atoms with E-state index in [0.29, 0.717) is 0 Å². The van der Waals surface area contributed by atoms with Crippen molar-refractivity contribution >= 4 is 11.6 Å². The smallest absolute Gasteiger partial charge is 0.146 e. The van der Waals surface area contributed by atoms with Crippen LogP contribution in [-0.2, 0) is 0 Å². The van der Waals surface area contributed by atoms with Gasteiger partial charge in [-0.05, 0) is 19.9 Å². The summed E-state index contributed by atoms with van der Waals surface area (Å²) in [5.74, 6) is 0. The normalized spacial score (nSPS) is 13.1. The average Bonchev–Trinajstić information content (AvgIpc) is 1.27. The summed E-state index contributed by atoms with van der Waals surface area (Å²) in [7, 11) is 0. The van der Waals surface area contributed by atoms with Crippen molar-refractivity contribution in [2.24, 2.45) is 0 Å². The van der Waals surface area contributed by atoms with Crippen molar-refractivity contribution in [3.63, 3.8) is 0 Å². The molecule has 0 aliphatic heterocycles. The van der Waals surface area contributed by atoms with Gasteiger partial charge in [-0.25, -0.2) is 0 Å². The fourth-order valence-corrected chi connectivity index (χ4v) is 0.527. The molecule has 0 aliphatic carbocycles. The largest absolute Gasteiger partial charge is 0.374 e. The molecule has 0 aromatic carbocycles. The lowest BCUT2D eigenvalue weighted by Crippen LogP contribution is -1.87. The maximum Gasteiger partial charge on any atom is 0.146 e. The predicted octanol–water partition coefficient (Wildman–Crippen LogP) is 1.51. The minimum Gasteiger partial charge on any atom is -0.374 e. The average molecular weight is 121 g/mol. The Labute approximate surface area is 48.6 Å². The fraction of sp³-hybridized carbons (Fsp3) is 0.600. The van der Waals surface area contributed by atoms with Crippen LogP contribution in [0.4, 0.5) is 0 Å². The van der Waals surface area contributed by atoms with Crippen LogP contribution in [0.1, 0.15) is 13.8 Å². The van der Waals surface area contributed by atoms with Gasteiger partial charge in [0.05, 0.1) is 0 Å². The Balaban J connectivity index is 3.45. The van der Waals surface area contributed by atoms with Crippen LogP contribution >= 0.6 is 11.6 Å². The van der Waals surface area contributed by atoms with Crippen LogP contribution in [0.3, 0.4) is 0 Å². The van der Waals surface area contributed by atoms with Crippen LogP contribution in [0, 0.1) is 0 Å². The molecule has 0 saturated heterocycles. The summed E-state index contributed by atoms with van der Waals surface area (Å²) < 4.78 is 0. The summed E-state index contributed by atoms with van der Waals surface area (Å²) in [5.41, 5.74) is 0.215. The zero-order valence-corrected chi connectivity index (χ0v) is 5.24. The van der Waals surface area contributed by atoms with Gasteiger partial charge in [0, 0.05) is 0 Å². The van der Waals surface area contributed by atoms with Crippen LogP contribution in [0.25, 0.3) is 0 Å². The Bertz CT molecular complexity index is 72.1. The maximum atomic E-state index is 8.41. The molecule has 0 bridgehead atoms. The first-order valence-electron chi connectivity index (χ1n) is 2.10. The molecule has 0 radical (unpaired) electrons. The number of hydrogen-bond donors (Lipinski definition) is 1. The van der Waals surface area contributed by atoms with Gasteiger partial charge in [0.15, 0.2) is 0 Å². The van der Waals surface area contributed by atoms with Crippen LogP contribution in [0.5, 0.6) is 0 Å². The first kappa shape index (κ1) is 6.99. The van der Waals surface area contributed by atoms with E-state index in [4.69, 9.17) is 16.7 Å². The highest BCUT2D eigenvalue weighted by Gasteiger charge is 1.86. The third kappa shape index (κ3) is 5.99. The SMILES string of the molecule is CC(C)=CC(O)Cl. The van der Waals surface area contributed by atoms with Gasteiger partial charge in [-0.1, -0.05) is 17.2 Å². The summed E-state index contributed by atoms with van der Waals surface area (Å²) in [4.78, 5) is 0. The van der Waals surface area contributed by atoms with Gasteiger partial charge in [0.1, 0.15) is 5.56 Å². The molecule has 1 N–H and O–H groups in total. The molecule has 0 aliphatic rings. The highest BCUT2D eigenvalue weighted by molar-refractivity contribution is 6.20. The number of aliphatic hydroxyl groups is 1. The molecule has 1 atom stereocenters. The molecule has 2 heteroatoms. The number of halogens is 1. The summed E-state index contributed by atoms with van der Waals surface area (Å²) in [6.07, 6.45) is 1.57. The van der Waals surface area contributed by atoms with Gasteiger partial charge in [-0.15, -0.1) is 0 Å². The monoisotopic (exact) mass is 120 g/mol. The van der Waals surface area contributed by atoms with Crippen molar-refractivity contribution in [3.05, 3.63) is 11.6 Å². The van der Waals surface area contributed by atoms with E-state index < -0.39 is 5.56 Å². The van der Waals surface area contributed by atoms with Crippen molar-refractivity contribution in [2.75, 3.05) is 0 Å². The Morgan fingerprint density at radius 3 is 2.14 bits per heavy atom. The summed E-state index contributed by atoms with van der Waals surface area (Å²) in [6.45, 7) is 3.76. The van der Waals surface area contributed by atoms with E-state index in [1.807, 2.05) is 13.8 Å². The molecule has 1 nitrogen and oxygen atoms in total. The fourth-order valence-electron chi connectivity index (χ4n) is 0.275. The Kier molecular flexibility index (Phi) is 3.05. The maximum absolute atomic E-state index is 8.41. The molecule has 42 valence electrons. The number of alkyl halides is 1. The van der Waals surface area contributed by atoms with Gasteiger partial charge in [0.25, 0.3) is 0 Å². The van der Waals surface area contributed by atoms with Gasteiger partial charge in [-0.2, -0.15) is 0 Å². The van der Waals surface area contributed by atoms with E-state index in [1.54, 1.807) is 6.08 Å².